The molecular formula is C22H27BO6S. The van der Waals surface area contributed by atoms with Gasteiger partial charge in [-0.25, -0.2) is 4.79 Å². The van der Waals surface area contributed by atoms with Crippen LogP contribution in [0.2, 0.25) is 0 Å². The van der Waals surface area contributed by atoms with E-state index in [1.165, 1.54) is 14.2 Å². The average Bonchev–Trinajstić information content (AvgIpc) is 2.94. The number of methoxy groups -OCH3 is 2. The lowest BCUT2D eigenvalue weighted by Gasteiger charge is -2.32. The molecule has 1 saturated heterocycles. The SMILES string of the molecule is COC(=O)c1c(CS(=O)c2ccccc2)ccc(B2OC(C)(C)C(C)(C)O2)c1OC. The van der Waals surface area contributed by atoms with Crippen LogP contribution in [0.5, 0.6) is 5.75 Å². The Morgan fingerprint density at radius 2 is 1.60 bits per heavy atom. The van der Waals surface area contributed by atoms with Crippen molar-refractivity contribution in [1.29, 1.82) is 0 Å². The Morgan fingerprint density at radius 1 is 1.00 bits per heavy atom. The van der Waals surface area contributed by atoms with E-state index in [2.05, 4.69) is 0 Å². The first-order chi connectivity index (χ1) is 14.1. The second-order valence-electron chi connectivity index (χ2n) is 8.10. The maximum Gasteiger partial charge on any atom is 0.498 e. The van der Waals surface area contributed by atoms with Gasteiger partial charge in [-0.2, -0.15) is 0 Å². The van der Waals surface area contributed by atoms with Crippen molar-refractivity contribution in [3.05, 3.63) is 53.6 Å². The number of ether oxygens (including phenoxy) is 2. The van der Waals surface area contributed by atoms with Crippen LogP contribution in [0, 0.1) is 0 Å². The minimum atomic E-state index is -1.33. The van der Waals surface area contributed by atoms with Gasteiger partial charge in [-0.15, -0.1) is 0 Å². The lowest BCUT2D eigenvalue weighted by atomic mass is 9.76. The fourth-order valence-corrected chi connectivity index (χ4v) is 4.41. The van der Waals surface area contributed by atoms with Crippen LogP contribution in [0.25, 0.3) is 0 Å². The minimum Gasteiger partial charge on any atom is -0.496 e. The van der Waals surface area contributed by atoms with Crippen molar-refractivity contribution in [3.8, 4) is 5.75 Å². The summed E-state index contributed by atoms with van der Waals surface area (Å²) in [6, 6.07) is 12.7. The van der Waals surface area contributed by atoms with Crippen molar-refractivity contribution in [2.45, 2.75) is 49.5 Å². The summed E-state index contributed by atoms with van der Waals surface area (Å²) in [5.74, 6) is -0.109. The molecule has 0 aromatic heterocycles. The third-order valence-corrected chi connectivity index (χ3v) is 7.04. The zero-order chi connectivity index (χ0) is 22.1. The molecular weight excluding hydrogens is 403 g/mol. The number of hydrogen-bond acceptors (Lipinski definition) is 6. The summed E-state index contributed by atoms with van der Waals surface area (Å²) in [5.41, 5.74) is 0.312. The fourth-order valence-electron chi connectivity index (χ4n) is 3.26. The number of rotatable bonds is 6. The van der Waals surface area contributed by atoms with Crippen LogP contribution >= 0.6 is 0 Å². The molecule has 1 aliphatic heterocycles. The standard InChI is InChI=1S/C22H27BO6S/c1-21(2)22(3,4)29-23(28-21)17-13-12-15(18(19(17)26-5)20(24)27-6)14-30(25)16-10-8-7-9-11-16/h7-13H,14H2,1-6H3. The molecule has 0 N–H and O–H groups in total. The lowest BCUT2D eigenvalue weighted by molar-refractivity contribution is 0.00578. The summed E-state index contributed by atoms with van der Waals surface area (Å²) in [4.78, 5) is 13.4. The predicted octanol–water partition coefficient (Wildman–Crippen LogP) is 3.09. The number of carbonyl (C=O) groups is 1. The number of esters is 1. The molecule has 6 nitrogen and oxygen atoms in total. The van der Waals surface area contributed by atoms with Crippen LogP contribution in [0.1, 0.15) is 43.6 Å². The average molecular weight is 430 g/mol. The highest BCUT2D eigenvalue weighted by atomic mass is 32.2. The summed E-state index contributed by atoms with van der Waals surface area (Å²) in [5, 5.41) is 0. The largest absolute Gasteiger partial charge is 0.498 e. The topological polar surface area (TPSA) is 71.1 Å². The van der Waals surface area contributed by atoms with Crippen molar-refractivity contribution < 1.29 is 27.8 Å². The molecule has 0 saturated carbocycles. The van der Waals surface area contributed by atoms with E-state index in [0.717, 1.165) is 0 Å². The molecule has 30 heavy (non-hydrogen) atoms. The first-order valence-corrected chi connectivity index (χ1v) is 11.0. The molecule has 1 aliphatic rings. The molecule has 0 bridgehead atoms. The van der Waals surface area contributed by atoms with Crippen molar-refractivity contribution >= 4 is 29.4 Å². The zero-order valence-electron chi connectivity index (χ0n) is 18.2. The highest BCUT2D eigenvalue weighted by Crippen LogP contribution is 2.38. The number of carbonyl (C=O) groups excluding carboxylic acids is 1. The van der Waals surface area contributed by atoms with Gasteiger partial charge in [-0.3, -0.25) is 4.21 Å². The monoisotopic (exact) mass is 430 g/mol. The third kappa shape index (κ3) is 4.17. The molecule has 1 unspecified atom stereocenters. The summed E-state index contributed by atoms with van der Waals surface area (Å²) in [6.07, 6.45) is 0. The summed E-state index contributed by atoms with van der Waals surface area (Å²) >= 11 is 0. The molecule has 0 spiro atoms. The molecule has 1 atom stereocenters. The molecule has 0 radical (unpaired) electrons. The van der Waals surface area contributed by atoms with E-state index in [9.17, 15) is 9.00 Å². The second-order valence-corrected chi connectivity index (χ2v) is 9.56. The van der Waals surface area contributed by atoms with Crippen LogP contribution < -0.4 is 10.2 Å². The van der Waals surface area contributed by atoms with Crippen molar-refractivity contribution in [3.63, 3.8) is 0 Å². The molecule has 160 valence electrons. The molecule has 8 heteroatoms. The van der Waals surface area contributed by atoms with E-state index in [1.807, 2.05) is 45.9 Å². The van der Waals surface area contributed by atoms with Gasteiger partial charge in [0.25, 0.3) is 0 Å². The van der Waals surface area contributed by atoms with Crippen LogP contribution in [0.15, 0.2) is 47.4 Å². The quantitative estimate of drug-likeness (QED) is 0.518. The van der Waals surface area contributed by atoms with Crippen LogP contribution in [0.3, 0.4) is 0 Å². The Bertz CT molecular complexity index is 942. The molecule has 2 aromatic rings. The first kappa shape index (κ1) is 22.5. The molecule has 0 amide bonds. The van der Waals surface area contributed by atoms with E-state index in [4.69, 9.17) is 18.8 Å². The summed E-state index contributed by atoms with van der Waals surface area (Å²) < 4.78 is 35.8. The van der Waals surface area contributed by atoms with Crippen molar-refractivity contribution in [1.82, 2.24) is 0 Å². The smallest absolute Gasteiger partial charge is 0.496 e. The van der Waals surface area contributed by atoms with E-state index in [0.29, 0.717) is 21.7 Å². The van der Waals surface area contributed by atoms with Gasteiger partial charge < -0.3 is 18.8 Å². The molecule has 0 aliphatic carbocycles. The minimum absolute atomic E-state index is 0.147. The Hall–Kier alpha value is -2.16. The third-order valence-electron chi connectivity index (χ3n) is 5.67. The van der Waals surface area contributed by atoms with Crippen LogP contribution in [-0.2, 0) is 30.6 Å². The van der Waals surface area contributed by atoms with Crippen LogP contribution in [0.4, 0.5) is 0 Å². The van der Waals surface area contributed by atoms with Gasteiger partial charge in [0.05, 0.1) is 42.0 Å². The molecule has 1 fully saturated rings. The van der Waals surface area contributed by atoms with Crippen molar-refractivity contribution in [2.24, 2.45) is 0 Å². The van der Waals surface area contributed by atoms with Gasteiger partial charge in [0.15, 0.2) is 0 Å². The van der Waals surface area contributed by atoms with Gasteiger partial charge in [-0.05, 0) is 45.4 Å². The number of benzene rings is 2. The van der Waals surface area contributed by atoms with E-state index < -0.39 is 35.1 Å². The summed E-state index contributed by atoms with van der Waals surface area (Å²) in [6.45, 7) is 7.83. The van der Waals surface area contributed by atoms with Crippen LogP contribution in [-0.4, -0.2) is 42.7 Å². The Labute approximate surface area is 180 Å². The van der Waals surface area contributed by atoms with Crippen molar-refractivity contribution in [2.75, 3.05) is 14.2 Å². The highest BCUT2D eigenvalue weighted by Gasteiger charge is 2.52. The van der Waals surface area contributed by atoms with E-state index >= 15 is 0 Å². The lowest BCUT2D eigenvalue weighted by Crippen LogP contribution is -2.41. The maximum atomic E-state index is 12.9. The van der Waals surface area contributed by atoms with Gasteiger partial charge in [0.2, 0.25) is 0 Å². The Balaban J connectivity index is 2.04. The fraction of sp³-hybridized carbons (Fsp3) is 0.409. The summed E-state index contributed by atoms with van der Waals surface area (Å²) in [7, 11) is 0.748. The predicted molar refractivity (Wildman–Crippen MR) is 117 cm³/mol. The second kappa shape index (κ2) is 8.53. The normalized spacial score (nSPS) is 18.1. The van der Waals surface area contributed by atoms with Gasteiger partial charge in [0, 0.05) is 10.4 Å². The van der Waals surface area contributed by atoms with E-state index in [-0.39, 0.29) is 11.3 Å². The molecule has 2 aromatic carbocycles. The molecule has 1 heterocycles. The number of hydrogen-bond donors (Lipinski definition) is 0. The maximum absolute atomic E-state index is 12.9. The van der Waals surface area contributed by atoms with E-state index in [1.54, 1.807) is 24.3 Å². The van der Waals surface area contributed by atoms with Gasteiger partial charge >= 0.3 is 13.1 Å². The first-order valence-electron chi connectivity index (χ1n) is 9.68. The van der Waals surface area contributed by atoms with Gasteiger partial charge in [-0.1, -0.05) is 30.3 Å². The van der Waals surface area contributed by atoms with Gasteiger partial charge in [0.1, 0.15) is 11.3 Å². The Kier molecular flexibility index (Phi) is 6.41. The Morgan fingerprint density at radius 3 is 2.13 bits per heavy atom. The molecule has 3 rings (SSSR count). The highest BCUT2D eigenvalue weighted by molar-refractivity contribution is 7.84. The zero-order valence-corrected chi connectivity index (χ0v) is 19.0.